The van der Waals surface area contributed by atoms with Crippen molar-refractivity contribution in [2.75, 3.05) is 0 Å². The lowest BCUT2D eigenvalue weighted by Crippen LogP contribution is -2.23. The van der Waals surface area contributed by atoms with Crippen LogP contribution in [0, 0.1) is 26.9 Å². The van der Waals surface area contributed by atoms with Crippen LogP contribution in [0.5, 0.6) is 0 Å². The van der Waals surface area contributed by atoms with Crippen LogP contribution in [0.4, 0.5) is 5.69 Å². The van der Waals surface area contributed by atoms with Crippen molar-refractivity contribution in [3.05, 3.63) is 44.5 Å². The molecule has 0 bridgehead atoms. The number of esters is 1. The number of hydrogen-bond acceptors (Lipinski definition) is 6. The summed E-state index contributed by atoms with van der Waals surface area (Å²) in [6.07, 6.45) is 0. The average molecular weight is 351 g/mol. The Morgan fingerprint density at radius 1 is 1.33 bits per heavy atom. The number of benzene rings is 1. The molecule has 0 amide bonds. The smallest absolute Gasteiger partial charge is 0.308 e. The Balaban J connectivity index is 3.80. The Bertz CT molecular complexity index is 785. The van der Waals surface area contributed by atoms with Gasteiger partial charge in [0.15, 0.2) is 11.5 Å². The first kappa shape index (κ1) is 19.3. The number of Topliss-reactive ketones (excluding diaryl/α,β-unsaturated/α-hetero) is 1. The van der Waals surface area contributed by atoms with Crippen molar-refractivity contribution >= 4 is 34.8 Å². The van der Waals surface area contributed by atoms with Crippen molar-refractivity contribution in [2.45, 2.75) is 27.7 Å². The number of ketones is 1. The molecule has 0 atom stereocenters. The van der Waals surface area contributed by atoms with E-state index in [0.717, 1.165) is 13.0 Å². The summed E-state index contributed by atoms with van der Waals surface area (Å²) in [6.45, 7) is 5.80. The molecule has 24 heavy (non-hydrogen) atoms. The Morgan fingerprint density at radius 2 is 1.92 bits per heavy atom. The van der Waals surface area contributed by atoms with Crippen molar-refractivity contribution in [1.29, 1.82) is 5.26 Å². The highest BCUT2D eigenvalue weighted by Gasteiger charge is 2.32. The molecule has 1 aromatic carbocycles. The van der Waals surface area contributed by atoms with Crippen molar-refractivity contribution in [3.8, 4) is 6.07 Å². The summed E-state index contributed by atoms with van der Waals surface area (Å²) in [5.74, 6) is -1.87. The van der Waals surface area contributed by atoms with Gasteiger partial charge in [-0.05, 0) is 12.1 Å². The highest BCUT2D eigenvalue weighted by molar-refractivity contribution is 6.30. The SMILES string of the molecule is CC(=O)O/C(=C(/C#N)C(=O)C(C)(C)C)c1ccc(Cl)cc1[N+](=O)[O-]. The zero-order chi connectivity index (χ0) is 18.7. The molecule has 126 valence electrons. The van der Waals surface area contributed by atoms with E-state index < -0.39 is 39.1 Å². The average Bonchev–Trinajstić information content (AvgIpc) is 2.45. The van der Waals surface area contributed by atoms with E-state index in [1.165, 1.54) is 12.1 Å². The minimum absolute atomic E-state index is 0.0910. The van der Waals surface area contributed by atoms with Crippen molar-refractivity contribution in [2.24, 2.45) is 5.41 Å². The van der Waals surface area contributed by atoms with Crippen LogP contribution in [-0.4, -0.2) is 16.7 Å². The first-order valence-electron chi connectivity index (χ1n) is 6.81. The van der Waals surface area contributed by atoms with Crippen molar-refractivity contribution < 1.29 is 19.2 Å². The number of hydrogen-bond donors (Lipinski definition) is 0. The number of nitrogens with zero attached hydrogens (tertiary/aromatic N) is 2. The van der Waals surface area contributed by atoms with Crippen LogP contribution in [0.2, 0.25) is 5.02 Å². The van der Waals surface area contributed by atoms with Crippen LogP contribution >= 0.6 is 11.6 Å². The molecule has 0 aromatic heterocycles. The summed E-state index contributed by atoms with van der Waals surface area (Å²) < 4.78 is 4.99. The Hall–Kier alpha value is -2.72. The number of ether oxygens (including phenoxy) is 1. The first-order chi connectivity index (χ1) is 11.0. The zero-order valence-corrected chi connectivity index (χ0v) is 14.3. The van der Waals surface area contributed by atoms with Gasteiger partial charge in [0.2, 0.25) is 0 Å². The Kier molecular flexibility index (Phi) is 5.83. The molecule has 0 heterocycles. The van der Waals surface area contributed by atoms with Crippen LogP contribution in [-0.2, 0) is 14.3 Å². The highest BCUT2D eigenvalue weighted by Crippen LogP contribution is 2.34. The molecule has 0 radical (unpaired) electrons. The molecule has 0 aliphatic rings. The molecule has 0 saturated carbocycles. The minimum atomic E-state index is -0.947. The monoisotopic (exact) mass is 350 g/mol. The van der Waals surface area contributed by atoms with E-state index in [2.05, 4.69) is 0 Å². The standard InChI is InChI=1S/C16H15ClN2O5/c1-9(20)24-14(12(8-18)15(21)16(2,3)4)11-6-5-10(17)7-13(11)19(22)23/h5-7H,1-4H3/b14-12-. The van der Waals surface area contributed by atoms with Gasteiger partial charge in [0.05, 0.1) is 10.5 Å². The second-order valence-corrected chi connectivity index (χ2v) is 6.34. The maximum Gasteiger partial charge on any atom is 0.308 e. The molecule has 0 saturated heterocycles. The number of allylic oxidation sites excluding steroid dienone is 1. The third kappa shape index (κ3) is 4.40. The van der Waals surface area contributed by atoms with Crippen molar-refractivity contribution in [1.82, 2.24) is 0 Å². The van der Waals surface area contributed by atoms with Gasteiger partial charge < -0.3 is 4.74 Å². The summed E-state index contributed by atoms with van der Waals surface area (Å²) >= 11 is 5.76. The molecule has 0 aliphatic heterocycles. The molecule has 0 N–H and O–H groups in total. The molecular weight excluding hydrogens is 336 g/mol. The van der Waals surface area contributed by atoms with Crippen molar-refractivity contribution in [3.63, 3.8) is 0 Å². The van der Waals surface area contributed by atoms with Gasteiger partial charge in [-0.3, -0.25) is 19.7 Å². The molecule has 0 spiro atoms. The molecule has 1 aromatic rings. The number of rotatable bonds is 4. The molecule has 8 heteroatoms. The van der Waals surface area contributed by atoms with Crippen LogP contribution in [0.25, 0.3) is 5.76 Å². The number of carbonyl (C=O) groups is 2. The second kappa shape index (κ2) is 7.23. The summed E-state index contributed by atoms with van der Waals surface area (Å²) in [7, 11) is 0. The molecular formula is C16H15ClN2O5. The fourth-order valence-corrected chi connectivity index (χ4v) is 1.98. The predicted octanol–water partition coefficient (Wildman–Crippen LogP) is 3.66. The summed E-state index contributed by atoms with van der Waals surface area (Å²) in [5.41, 5.74) is -2.07. The fourth-order valence-electron chi connectivity index (χ4n) is 1.81. The van der Waals surface area contributed by atoms with E-state index >= 15 is 0 Å². The molecule has 0 aliphatic carbocycles. The van der Waals surface area contributed by atoms with Gasteiger partial charge >= 0.3 is 5.97 Å². The van der Waals surface area contributed by atoms with E-state index in [1.54, 1.807) is 26.8 Å². The lowest BCUT2D eigenvalue weighted by Gasteiger charge is -2.18. The number of nitro groups is 1. The predicted molar refractivity (Wildman–Crippen MR) is 86.9 cm³/mol. The van der Waals surface area contributed by atoms with E-state index in [-0.39, 0.29) is 10.6 Å². The second-order valence-electron chi connectivity index (χ2n) is 5.91. The van der Waals surface area contributed by atoms with Gasteiger partial charge in [-0.25, -0.2) is 0 Å². The number of nitriles is 1. The fraction of sp³-hybridized carbons (Fsp3) is 0.312. The van der Waals surface area contributed by atoms with Gasteiger partial charge in [-0.2, -0.15) is 5.26 Å². The normalized spacial score (nSPS) is 12.0. The maximum absolute atomic E-state index is 12.5. The highest BCUT2D eigenvalue weighted by atomic mass is 35.5. The first-order valence-corrected chi connectivity index (χ1v) is 7.18. The van der Waals surface area contributed by atoms with E-state index in [4.69, 9.17) is 16.3 Å². The van der Waals surface area contributed by atoms with Gasteiger partial charge in [-0.15, -0.1) is 0 Å². The minimum Gasteiger partial charge on any atom is -0.424 e. The van der Waals surface area contributed by atoms with Crippen LogP contribution in [0.1, 0.15) is 33.3 Å². The largest absolute Gasteiger partial charge is 0.424 e. The van der Waals surface area contributed by atoms with Crippen LogP contribution < -0.4 is 0 Å². The molecule has 1 rings (SSSR count). The Morgan fingerprint density at radius 3 is 2.33 bits per heavy atom. The molecule has 7 nitrogen and oxygen atoms in total. The summed E-state index contributed by atoms with van der Waals surface area (Å²) in [5, 5.41) is 20.7. The third-order valence-electron chi connectivity index (χ3n) is 2.89. The third-order valence-corrected chi connectivity index (χ3v) is 3.13. The Labute approximate surface area is 143 Å². The molecule has 0 unspecified atom stereocenters. The van der Waals surface area contributed by atoms with Crippen LogP contribution in [0.3, 0.4) is 0 Å². The summed E-state index contributed by atoms with van der Waals surface area (Å²) in [6, 6.07) is 5.31. The lowest BCUT2D eigenvalue weighted by atomic mass is 9.85. The number of carbonyl (C=O) groups excluding carboxylic acids is 2. The maximum atomic E-state index is 12.5. The number of nitro benzene ring substituents is 1. The summed E-state index contributed by atoms with van der Waals surface area (Å²) in [4.78, 5) is 34.4. The van der Waals surface area contributed by atoms with E-state index in [1.807, 2.05) is 0 Å². The van der Waals surface area contributed by atoms with E-state index in [0.29, 0.717) is 0 Å². The quantitative estimate of drug-likeness (QED) is 0.204. The van der Waals surface area contributed by atoms with Gasteiger partial charge in [0.1, 0.15) is 11.6 Å². The molecule has 0 fully saturated rings. The van der Waals surface area contributed by atoms with Crippen LogP contribution in [0.15, 0.2) is 23.8 Å². The van der Waals surface area contributed by atoms with Gasteiger partial charge in [0.25, 0.3) is 5.69 Å². The lowest BCUT2D eigenvalue weighted by molar-refractivity contribution is -0.385. The van der Waals surface area contributed by atoms with E-state index in [9.17, 15) is 25.0 Å². The topological polar surface area (TPSA) is 110 Å². The number of halogens is 1. The van der Waals surface area contributed by atoms with Gasteiger partial charge in [-0.1, -0.05) is 32.4 Å². The van der Waals surface area contributed by atoms with Gasteiger partial charge in [0, 0.05) is 23.4 Å². The zero-order valence-electron chi connectivity index (χ0n) is 13.5.